The number of allylic oxidation sites excluding steroid dienone is 2. The molecule has 6 heteroatoms. The maximum Gasteiger partial charge on any atom is 0.0959 e. The summed E-state index contributed by atoms with van der Waals surface area (Å²) in [5.74, 6) is 1.02. The van der Waals surface area contributed by atoms with Crippen LogP contribution in [0.4, 0.5) is 0 Å². The van der Waals surface area contributed by atoms with Gasteiger partial charge in [-0.05, 0) is 91.1 Å². The van der Waals surface area contributed by atoms with Gasteiger partial charge in [0.2, 0.25) is 0 Å². The first-order valence-corrected chi connectivity index (χ1v) is 17.7. The molecule has 1 saturated carbocycles. The van der Waals surface area contributed by atoms with Crippen molar-refractivity contribution < 1.29 is 0 Å². The van der Waals surface area contributed by atoms with E-state index in [0.717, 1.165) is 62.4 Å². The normalized spacial score (nSPS) is 18.4. The third kappa shape index (κ3) is 4.36. The van der Waals surface area contributed by atoms with Crippen molar-refractivity contribution in [1.82, 2.24) is 29.1 Å². The van der Waals surface area contributed by atoms with Crippen LogP contribution in [-0.2, 0) is 0 Å². The van der Waals surface area contributed by atoms with Gasteiger partial charge >= 0.3 is 0 Å². The maximum atomic E-state index is 5.28. The van der Waals surface area contributed by atoms with E-state index in [-0.39, 0.29) is 0 Å². The number of rotatable bonds is 5. The zero-order chi connectivity index (χ0) is 33.5. The third-order valence-electron chi connectivity index (χ3n) is 11.0. The van der Waals surface area contributed by atoms with Gasteiger partial charge in [-0.2, -0.15) is 0 Å². The Kier molecular flexibility index (Phi) is 6.16. The van der Waals surface area contributed by atoms with E-state index in [1.54, 1.807) is 0 Å². The topological polar surface area (TPSA) is 61.4 Å². The predicted molar refractivity (Wildman–Crippen MR) is 206 cm³/mol. The summed E-state index contributed by atoms with van der Waals surface area (Å²) >= 11 is 0. The number of hydrogen-bond acceptors (Lipinski definition) is 4. The summed E-state index contributed by atoms with van der Waals surface area (Å²) in [6, 6.07) is 45.3. The molecular weight excluding hydrogens is 625 g/mol. The molecule has 51 heavy (non-hydrogen) atoms. The first-order valence-electron chi connectivity index (χ1n) is 17.7. The molecule has 6 heterocycles. The van der Waals surface area contributed by atoms with Crippen molar-refractivity contribution in [3.05, 3.63) is 158 Å². The van der Waals surface area contributed by atoms with Gasteiger partial charge < -0.3 is 9.13 Å². The zero-order valence-electron chi connectivity index (χ0n) is 27.8. The molecule has 242 valence electrons. The van der Waals surface area contributed by atoms with E-state index in [1.807, 2.05) is 18.6 Å². The molecule has 6 aromatic heterocycles. The zero-order valence-corrected chi connectivity index (χ0v) is 27.8. The van der Waals surface area contributed by atoms with Gasteiger partial charge in [0.15, 0.2) is 0 Å². The first-order chi connectivity index (χ1) is 25.3. The highest BCUT2D eigenvalue weighted by Gasteiger charge is 2.55. The highest BCUT2D eigenvalue weighted by atomic mass is 15.1. The largest absolute Gasteiger partial charge is 0.335 e. The van der Waals surface area contributed by atoms with Gasteiger partial charge in [-0.25, -0.2) is 9.97 Å². The fourth-order valence-electron chi connectivity index (χ4n) is 8.82. The molecule has 1 fully saturated rings. The summed E-state index contributed by atoms with van der Waals surface area (Å²) in [7, 11) is 0. The van der Waals surface area contributed by atoms with Crippen LogP contribution in [0, 0.1) is 11.8 Å². The summed E-state index contributed by atoms with van der Waals surface area (Å²) in [5.41, 5.74) is 13.1. The van der Waals surface area contributed by atoms with E-state index in [4.69, 9.17) is 15.0 Å². The Morgan fingerprint density at radius 3 is 2.20 bits per heavy atom. The highest BCUT2D eigenvalue weighted by Crippen LogP contribution is 2.63. The highest BCUT2D eigenvalue weighted by molar-refractivity contribution is 6.09. The lowest BCUT2D eigenvalue weighted by Crippen LogP contribution is -2.01. The molecule has 11 rings (SSSR count). The number of fused-ring (bicyclic) bond motifs is 7. The Hall–Kier alpha value is -6.40. The molecule has 3 atom stereocenters. The second kappa shape index (κ2) is 11.1. The van der Waals surface area contributed by atoms with Crippen LogP contribution in [0.3, 0.4) is 0 Å². The molecule has 0 spiro atoms. The van der Waals surface area contributed by atoms with Gasteiger partial charge in [-0.1, -0.05) is 66.7 Å². The van der Waals surface area contributed by atoms with Gasteiger partial charge in [0, 0.05) is 58.0 Å². The average Bonchev–Trinajstić information content (AvgIpc) is 3.69. The minimum atomic E-state index is 0.398. The van der Waals surface area contributed by atoms with Crippen LogP contribution in [-0.4, -0.2) is 29.1 Å². The van der Waals surface area contributed by atoms with Crippen LogP contribution in [0.15, 0.2) is 152 Å². The average molecular weight is 657 g/mol. The summed E-state index contributed by atoms with van der Waals surface area (Å²) < 4.78 is 4.88. The molecule has 0 aliphatic heterocycles. The maximum absolute atomic E-state index is 5.28. The second-order valence-electron chi connectivity index (χ2n) is 13.8. The van der Waals surface area contributed by atoms with Crippen LogP contribution >= 0.6 is 0 Å². The SMILES string of the molecule is C1=C(c2cccc(-c3cccc(-c4cccc(-n5c6ccccc6c6cnccc65)c4)n3)n2)C2C(CC1)C2n1c2ccccc2c2ncccc21. The van der Waals surface area contributed by atoms with Crippen LogP contribution in [0.25, 0.3) is 77.6 Å². The lowest BCUT2D eigenvalue weighted by atomic mass is 9.96. The molecule has 0 amide bonds. The van der Waals surface area contributed by atoms with Crippen LogP contribution < -0.4 is 0 Å². The molecule has 0 radical (unpaired) electrons. The van der Waals surface area contributed by atoms with E-state index in [0.29, 0.717) is 17.9 Å². The molecule has 0 saturated heterocycles. The number of pyridine rings is 4. The summed E-state index contributed by atoms with van der Waals surface area (Å²) in [5, 5.41) is 3.57. The number of para-hydroxylation sites is 2. The number of aromatic nitrogens is 6. The number of benzene rings is 3. The first kappa shape index (κ1) is 28.4. The monoisotopic (exact) mass is 656 g/mol. The van der Waals surface area contributed by atoms with Crippen molar-refractivity contribution in [2.45, 2.75) is 18.9 Å². The van der Waals surface area contributed by atoms with E-state index in [1.165, 1.54) is 33.8 Å². The fraction of sp³-hybridized carbons (Fsp3) is 0.111. The standard InChI is InChI=1S/C45H32N6/c1-3-20-39-30(12-1)34-27-46-25-23-41(34)50(39)29-11-5-10-28(26-29)35-16-7-18-37(48-35)38-19-8-17-36(49-38)31-14-6-15-33-43(31)45(33)51-40-21-4-2-13-32(40)44-42(51)22-9-24-47-44/h1-5,7-14,16-27,33,43,45H,6,15H2. The molecule has 0 bridgehead atoms. The molecule has 6 nitrogen and oxygen atoms in total. The lowest BCUT2D eigenvalue weighted by Gasteiger charge is -2.13. The van der Waals surface area contributed by atoms with Crippen molar-refractivity contribution in [3.63, 3.8) is 0 Å². The molecule has 9 aromatic rings. The Morgan fingerprint density at radius 1 is 0.569 bits per heavy atom. The second-order valence-corrected chi connectivity index (χ2v) is 13.8. The van der Waals surface area contributed by atoms with E-state index in [9.17, 15) is 0 Å². The van der Waals surface area contributed by atoms with Gasteiger partial charge in [-0.3, -0.25) is 9.97 Å². The van der Waals surface area contributed by atoms with Gasteiger partial charge in [0.1, 0.15) is 0 Å². The molecular formula is C45H32N6. The smallest absolute Gasteiger partial charge is 0.0959 e. The van der Waals surface area contributed by atoms with Gasteiger partial charge in [-0.15, -0.1) is 0 Å². The summed E-state index contributed by atoms with van der Waals surface area (Å²) in [6.45, 7) is 0. The molecule has 3 unspecified atom stereocenters. The van der Waals surface area contributed by atoms with Crippen molar-refractivity contribution in [1.29, 1.82) is 0 Å². The van der Waals surface area contributed by atoms with Crippen LogP contribution in [0.1, 0.15) is 24.6 Å². The minimum Gasteiger partial charge on any atom is -0.335 e. The fourth-order valence-corrected chi connectivity index (χ4v) is 8.82. The molecule has 3 aromatic carbocycles. The van der Waals surface area contributed by atoms with E-state index >= 15 is 0 Å². The van der Waals surface area contributed by atoms with Gasteiger partial charge in [0.05, 0.1) is 50.4 Å². The summed E-state index contributed by atoms with van der Waals surface area (Å²) in [6.07, 6.45) is 10.4. The van der Waals surface area contributed by atoms with Gasteiger partial charge in [0.25, 0.3) is 0 Å². The summed E-state index contributed by atoms with van der Waals surface area (Å²) in [4.78, 5) is 19.7. The molecule has 2 aliphatic carbocycles. The minimum absolute atomic E-state index is 0.398. The Balaban J connectivity index is 0.944. The van der Waals surface area contributed by atoms with E-state index < -0.39 is 0 Å². The molecule has 2 aliphatic rings. The number of nitrogens with zero attached hydrogens (tertiary/aromatic N) is 6. The quantitative estimate of drug-likeness (QED) is 0.185. The lowest BCUT2D eigenvalue weighted by molar-refractivity contribution is 0.641. The van der Waals surface area contributed by atoms with Crippen LogP contribution in [0.5, 0.6) is 0 Å². The Bertz CT molecular complexity index is 2750. The van der Waals surface area contributed by atoms with Crippen molar-refractivity contribution >= 4 is 49.3 Å². The van der Waals surface area contributed by atoms with E-state index in [2.05, 4.69) is 148 Å². The van der Waals surface area contributed by atoms with Crippen molar-refractivity contribution in [2.75, 3.05) is 0 Å². The molecule has 0 N–H and O–H groups in total. The van der Waals surface area contributed by atoms with Crippen molar-refractivity contribution in [3.8, 4) is 28.3 Å². The Morgan fingerprint density at radius 2 is 1.29 bits per heavy atom. The predicted octanol–water partition coefficient (Wildman–Crippen LogP) is 10.5. The Labute approximate surface area is 294 Å². The number of hydrogen-bond donors (Lipinski definition) is 0. The van der Waals surface area contributed by atoms with Crippen molar-refractivity contribution in [2.24, 2.45) is 11.8 Å². The van der Waals surface area contributed by atoms with Crippen LogP contribution in [0.2, 0.25) is 0 Å². The third-order valence-corrected chi connectivity index (χ3v) is 11.0.